The molecular weight excluding hydrogens is 336 g/mol. The van der Waals surface area contributed by atoms with E-state index in [1.165, 1.54) is 25.4 Å². The van der Waals surface area contributed by atoms with Gasteiger partial charge in [0.15, 0.2) is 11.2 Å². The Balaban J connectivity index is 1.96. The van der Waals surface area contributed by atoms with Crippen LogP contribution in [0.1, 0.15) is 28.9 Å². The van der Waals surface area contributed by atoms with Crippen LogP contribution in [0.2, 0.25) is 0 Å². The monoisotopic (exact) mass is 349 g/mol. The summed E-state index contributed by atoms with van der Waals surface area (Å²) in [5.74, 6) is -2.63. The summed E-state index contributed by atoms with van der Waals surface area (Å²) >= 11 is 0. The molecule has 3 aromatic rings. The number of rotatable bonds is 5. The Morgan fingerprint density at radius 3 is 2.88 bits per heavy atom. The molecule has 1 unspecified atom stereocenters. The molecule has 0 aliphatic heterocycles. The van der Waals surface area contributed by atoms with Gasteiger partial charge in [-0.2, -0.15) is 4.39 Å². The lowest BCUT2D eigenvalue weighted by Crippen LogP contribution is -2.11. The minimum absolute atomic E-state index is 0.147. The molecule has 0 aliphatic rings. The number of methoxy groups -OCH3 is 1. The van der Waals surface area contributed by atoms with E-state index >= 15 is 0 Å². The molecule has 3 rings (SSSR count). The molecule has 8 nitrogen and oxygen atoms in total. The summed E-state index contributed by atoms with van der Waals surface area (Å²) in [6.45, 7) is 1.72. The number of nitrogens with one attached hydrogen (secondary N) is 1. The second-order valence-electron chi connectivity index (χ2n) is 5.17. The quantitative estimate of drug-likeness (QED) is 0.728. The van der Waals surface area contributed by atoms with E-state index in [2.05, 4.69) is 20.4 Å². The second-order valence-corrected chi connectivity index (χ2v) is 5.17. The third-order valence-corrected chi connectivity index (χ3v) is 3.53. The van der Waals surface area contributed by atoms with Gasteiger partial charge in [-0.15, -0.1) is 5.10 Å². The molecule has 10 heteroatoms. The molecule has 1 atom stereocenters. The zero-order valence-corrected chi connectivity index (χ0v) is 13.2. The fourth-order valence-electron chi connectivity index (χ4n) is 2.39. The summed E-state index contributed by atoms with van der Waals surface area (Å²) in [6.07, 6.45) is 2.40. The van der Waals surface area contributed by atoms with E-state index in [1.54, 1.807) is 6.92 Å². The van der Waals surface area contributed by atoms with Crippen LogP contribution in [0.25, 0.3) is 5.65 Å². The standard InChI is InChI=1S/C15H13F2N5O3/c1-7(9-5-8(16)6-18-14(9)25-2)19-10-3-4-22-13(20-10)11(15(23)24)12(17)21-22/h3-7H,1-2H3,(H,19,20)(H,23,24). The summed E-state index contributed by atoms with van der Waals surface area (Å²) in [5.41, 5.74) is -0.324. The molecule has 2 N–H and O–H groups in total. The first-order valence-corrected chi connectivity index (χ1v) is 7.15. The van der Waals surface area contributed by atoms with E-state index < -0.39 is 29.3 Å². The summed E-state index contributed by atoms with van der Waals surface area (Å²) in [5, 5.41) is 15.5. The molecule has 25 heavy (non-hydrogen) atoms. The van der Waals surface area contributed by atoms with Crippen molar-refractivity contribution in [1.82, 2.24) is 19.6 Å². The van der Waals surface area contributed by atoms with Crippen molar-refractivity contribution < 1.29 is 23.4 Å². The second kappa shape index (κ2) is 6.30. The van der Waals surface area contributed by atoms with Crippen LogP contribution in [0, 0.1) is 11.8 Å². The maximum absolute atomic E-state index is 13.6. The van der Waals surface area contributed by atoms with Crippen molar-refractivity contribution in [2.24, 2.45) is 0 Å². The molecule has 0 saturated heterocycles. The Morgan fingerprint density at radius 2 is 2.20 bits per heavy atom. The third-order valence-electron chi connectivity index (χ3n) is 3.53. The van der Waals surface area contributed by atoms with Gasteiger partial charge in [0.2, 0.25) is 11.8 Å². The number of aromatic nitrogens is 4. The predicted molar refractivity (Wildman–Crippen MR) is 82.7 cm³/mol. The van der Waals surface area contributed by atoms with Gasteiger partial charge in [0, 0.05) is 11.8 Å². The molecule has 3 aromatic heterocycles. The SMILES string of the molecule is COc1ncc(F)cc1C(C)Nc1ccn2nc(F)c(C(=O)O)c2n1. The van der Waals surface area contributed by atoms with Crippen molar-refractivity contribution in [3.05, 3.63) is 47.4 Å². The lowest BCUT2D eigenvalue weighted by atomic mass is 10.1. The molecule has 0 aromatic carbocycles. The van der Waals surface area contributed by atoms with Gasteiger partial charge in [-0.3, -0.25) is 0 Å². The molecule has 3 heterocycles. The summed E-state index contributed by atoms with van der Waals surface area (Å²) in [4.78, 5) is 19.1. The Labute approximate surface area is 140 Å². The number of pyridine rings is 1. The number of fused-ring (bicyclic) bond motifs is 1. The van der Waals surface area contributed by atoms with E-state index in [1.807, 2.05) is 0 Å². The highest BCUT2D eigenvalue weighted by molar-refractivity contribution is 5.94. The smallest absolute Gasteiger partial charge is 0.344 e. The van der Waals surface area contributed by atoms with Crippen LogP contribution in [-0.2, 0) is 0 Å². The van der Waals surface area contributed by atoms with Crippen molar-refractivity contribution in [2.75, 3.05) is 12.4 Å². The number of halogens is 2. The molecule has 0 aliphatic carbocycles. The van der Waals surface area contributed by atoms with Gasteiger partial charge >= 0.3 is 5.97 Å². The molecular formula is C15H13F2N5O3. The lowest BCUT2D eigenvalue weighted by molar-refractivity contribution is 0.0693. The van der Waals surface area contributed by atoms with E-state index in [9.17, 15) is 13.6 Å². The third kappa shape index (κ3) is 3.05. The number of nitrogens with zero attached hydrogens (tertiary/aromatic N) is 4. The molecule has 0 saturated carbocycles. The molecule has 0 amide bonds. The zero-order chi connectivity index (χ0) is 18.1. The maximum Gasteiger partial charge on any atom is 0.344 e. The first kappa shape index (κ1) is 16.6. The van der Waals surface area contributed by atoms with Crippen molar-refractivity contribution in [3.63, 3.8) is 0 Å². The average Bonchev–Trinajstić information content (AvgIpc) is 2.90. The number of aromatic carboxylic acids is 1. The van der Waals surface area contributed by atoms with Gasteiger partial charge in [0.1, 0.15) is 11.6 Å². The molecule has 0 spiro atoms. The topological polar surface area (TPSA) is 102 Å². The lowest BCUT2D eigenvalue weighted by Gasteiger charge is -2.17. The van der Waals surface area contributed by atoms with Gasteiger partial charge in [0.05, 0.1) is 19.3 Å². The van der Waals surface area contributed by atoms with Crippen molar-refractivity contribution in [2.45, 2.75) is 13.0 Å². The van der Waals surface area contributed by atoms with E-state index in [0.29, 0.717) is 5.56 Å². The van der Waals surface area contributed by atoms with Crippen LogP contribution in [0.4, 0.5) is 14.6 Å². The summed E-state index contributed by atoms with van der Waals surface area (Å²) in [6, 6.07) is 2.29. The number of ether oxygens (including phenoxy) is 1. The first-order chi connectivity index (χ1) is 11.9. The van der Waals surface area contributed by atoms with Crippen LogP contribution in [0.5, 0.6) is 5.88 Å². The van der Waals surface area contributed by atoms with Crippen LogP contribution in [0.15, 0.2) is 24.5 Å². The fraction of sp³-hybridized carbons (Fsp3) is 0.200. The van der Waals surface area contributed by atoms with Gasteiger partial charge in [-0.05, 0) is 19.1 Å². The van der Waals surface area contributed by atoms with Gasteiger partial charge in [-0.25, -0.2) is 23.7 Å². The number of hydrogen-bond donors (Lipinski definition) is 2. The van der Waals surface area contributed by atoms with Crippen LogP contribution in [0.3, 0.4) is 0 Å². The van der Waals surface area contributed by atoms with Crippen LogP contribution >= 0.6 is 0 Å². The average molecular weight is 349 g/mol. The maximum atomic E-state index is 13.6. The predicted octanol–water partition coefficient (Wildman–Crippen LogP) is 2.28. The highest BCUT2D eigenvalue weighted by Crippen LogP contribution is 2.26. The van der Waals surface area contributed by atoms with Gasteiger partial charge < -0.3 is 15.2 Å². The number of hydrogen-bond acceptors (Lipinski definition) is 6. The highest BCUT2D eigenvalue weighted by atomic mass is 19.1. The normalized spacial score (nSPS) is 12.2. The Kier molecular flexibility index (Phi) is 4.17. The van der Waals surface area contributed by atoms with Crippen molar-refractivity contribution in [3.8, 4) is 5.88 Å². The van der Waals surface area contributed by atoms with E-state index in [0.717, 1.165) is 10.7 Å². The van der Waals surface area contributed by atoms with Crippen LogP contribution < -0.4 is 10.1 Å². The fourth-order valence-corrected chi connectivity index (χ4v) is 2.39. The van der Waals surface area contributed by atoms with Gasteiger partial charge in [0.25, 0.3) is 0 Å². The summed E-state index contributed by atoms with van der Waals surface area (Å²) < 4.78 is 33.2. The van der Waals surface area contributed by atoms with Crippen LogP contribution in [-0.4, -0.2) is 37.8 Å². The van der Waals surface area contributed by atoms with E-state index in [4.69, 9.17) is 9.84 Å². The number of carbonyl (C=O) groups is 1. The van der Waals surface area contributed by atoms with Crippen molar-refractivity contribution in [1.29, 1.82) is 0 Å². The molecule has 0 bridgehead atoms. The number of anilines is 1. The van der Waals surface area contributed by atoms with E-state index in [-0.39, 0.29) is 17.3 Å². The number of carboxylic acid groups (broad SMARTS) is 1. The number of carboxylic acids is 1. The van der Waals surface area contributed by atoms with Gasteiger partial charge in [-0.1, -0.05) is 0 Å². The Hall–Kier alpha value is -3.30. The molecule has 0 fully saturated rings. The minimum Gasteiger partial charge on any atom is -0.481 e. The Morgan fingerprint density at radius 1 is 1.44 bits per heavy atom. The first-order valence-electron chi connectivity index (χ1n) is 7.15. The highest BCUT2D eigenvalue weighted by Gasteiger charge is 2.21. The largest absolute Gasteiger partial charge is 0.481 e. The molecule has 0 radical (unpaired) electrons. The zero-order valence-electron chi connectivity index (χ0n) is 13.2. The minimum atomic E-state index is -1.47. The van der Waals surface area contributed by atoms with Crippen molar-refractivity contribution >= 4 is 17.4 Å². The Bertz CT molecular complexity index is 960. The molecule has 130 valence electrons. The summed E-state index contributed by atoms with van der Waals surface area (Å²) in [7, 11) is 1.41.